The van der Waals surface area contributed by atoms with Crippen LogP contribution in [0.5, 0.6) is 0 Å². The second kappa shape index (κ2) is 3.53. The quantitative estimate of drug-likeness (QED) is 0.699. The van der Waals surface area contributed by atoms with Gasteiger partial charge in [0.15, 0.2) is 0 Å². The second-order valence-corrected chi connectivity index (χ2v) is 5.06. The van der Waals surface area contributed by atoms with Crippen LogP contribution in [-0.2, 0) is 14.6 Å². The van der Waals surface area contributed by atoms with E-state index in [1.54, 1.807) is 26.0 Å². The molecule has 0 N–H and O–H groups in total. The summed E-state index contributed by atoms with van der Waals surface area (Å²) in [6.45, 7) is 5.27. The average molecular weight is 212 g/mol. The van der Waals surface area contributed by atoms with Gasteiger partial charge in [0.25, 0.3) is 0 Å². The van der Waals surface area contributed by atoms with Crippen molar-refractivity contribution in [2.24, 2.45) is 0 Å². The number of hydrogen-bond acceptors (Lipinski definition) is 3. The first-order valence-electron chi connectivity index (χ1n) is 4.16. The van der Waals surface area contributed by atoms with Crippen LogP contribution in [0.25, 0.3) is 0 Å². The average Bonchev–Trinajstić information content (AvgIpc) is 2.01. The molecule has 3 nitrogen and oxygen atoms in total. The van der Waals surface area contributed by atoms with Gasteiger partial charge >= 0.3 is 0 Å². The predicted octanol–water partition coefficient (Wildman–Crippen LogP) is 1.58. The molecule has 0 radical (unpaired) electrons. The van der Waals surface area contributed by atoms with E-state index in [4.69, 9.17) is 0 Å². The second-order valence-electron chi connectivity index (χ2n) is 3.37. The summed E-state index contributed by atoms with van der Waals surface area (Å²) in [7, 11) is -3.76. The molecule has 76 valence electrons. The van der Waals surface area contributed by atoms with E-state index in [1.807, 2.05) is 6.92 Å². The van der Waals surface area contributed by atoms with E-state index in [0.29, 0.717) is 11.1 Å². The van der Waals surface area contributed by atoms with E-state index in [9.17, 15) is 13.2 Å². The standard InChI is InChI=1S/C10H12O3S/c1-7-4-8(2)10(9(3)5-7)14(12,13)6-11/h4-6H,1-3H3. The van der Waals surface area contributed by atoms with Gasteiger partial charge in [-0.3, -0.25) is 4.79 Å². The molecule has 0 amide bonds. The van der Waals surface area contributed by atoms with E-state index in [0.717, 1.165) is 5.56 Å². The molecule has 0 unspecified atom stereocenters. The molecule has 0 aliphatic carbocycles. The van der Waals surface area contributed by atoms with Crippen LogP contribution < -0.4 is 0 Å². The largest absolute Gasteiger partial charge is 0.285 e. The Morgan fingerprint density at radius 3 is 1.86 bits per heavy atom. The fourth-order valence-electron chi connectivity index (χ4n) is 1.66. The SMILES string of the molecule is Cc1cc(C)c(S(=O)(=O)C=O)c(C)c1. The first-order chi connectivity index (χ1) is 6.38. The van der Waals surface area contributed by atoms with E-state index in [1.165, 1.54) is 0 Å². The summed E-state index contributed by atoms with van der Waals surface area (Å²) in [6, 6.07) is 3.51. The molecule has 1 rings (SSSR count). The van der Waals surface area contributed by atoms with Crippen LogP contribution >= 0.6 is 0 Å². The molecule has 1 aromatic carbocycles. The van der Waals surface area contributed by atoms with Crippen LogP contribution in [-0.4, -0.2) is 14.0 Å². The number of aryl methyl sites for hydroxylation is 3. The topological polar surface area (TPSA) is 51.2 Å². The Labute approximate surface area is 83.7 Å². The summed E-state index contributed by atoms with van der Waals surface area (Å²) < 4.78 is 22.8. The number of sulfone groups is 1. The van der Waals surface area contributed by atoms with Crippen LogP contribution in [0.2, 0.25) is 0 Å². The van der Waals surface area contributed by atoms with E-state index in [-0.39, 0.29) is 10.5 Å². The van der Waals surface area contributed by atoms with Gasteiger partial charge < -0.3 is 0 Å². The van der Waals surface area contributed by atoms with Gasteiger partial charge in [-0.15, -0.1) is 0 Å². The van der Waals surface area contributed by atoms with Crippen molar-refractivity contribution < 1.29 is 13.2 Å². The van der Waals surface area contributed by atoms with Gasteiger partial charge in [-0.2, -0.15) is 0 Å². The number of carbonyl (C=O) groups is 1. The number of hydrogen-bond donors (Lipinski definition) is 0. The van der Waals surface area contributed by atoms with Crippen molar-refractivity contribution in [2.75, 3.05) is 0 Å². The molecular weight excluding hydrogens is 200 g/mol. The van der Waals surface area contributed by atoms with Crippen LogP contribution in [0.15, 0.2) is 17.0 Å². The zero-order chi connectivity index (χ0) is 10.9. The Bertz CT molecular complexity index is 449. The Morgan fingerprint density at radius 1 is 1.07 bits per heavy atom. The summed E-state index contributed by atoms with van der Waals surface area (Å²) in [6.07, 6.45) is 0. The van der Waals surface area contributed by atoms with Crippen molar-refractivity contribution in [3.05, 3.63) is 28.8 Å². The third kappa shape index (κ3) is 1.85. The summed E-state index contributed by atoms with van der Waals surface area (Å²) in [5.74, 6) is 0. The maximum atomic E-state index is 11.4. The van der Waals surface area contributed by atoms with Crippen molar-refractivity contribution in [1.82, 2.24) is 0 Å². The van der Waals surface area contributed by atoms with Crippen molar-refractivity contribution in [2.45, 2.75) is 25.7 Å². The third-order valence-electron chi connectivity index (χ3n) is 2.02. The molecule has 0 aromatic heterocycles. The minimum absolute atomic E-state index is 0.00231. The zero-order valence-electron chi connectivity index (χ0n) is 8.37. The smallest absolute Gasteiger partial charge is 0.238 e. The maximum Gasteiger partial charge on any atom is 0.238 e. The lowest BCUT2D eigenvalue weighted by Gasteiger charge is -2.07. The Morgan fingerprint density at radius 2 is 1.50 bits per heavy atom. The minimum Gasteiger partial charge on any atom is -0.285 e. The first kappa shape index (κ1) is 10.9. The molecular formula is C10H12O3S. The molecule has 4 heteroatoms. The summed E-state index contributed by atoms with van der Waals surface area (Å²) >= 11 is 0. The van der Waals surface area contributed by atoms with E-state index >= 15 is 0 Å². The first-order valence-corrected chi connectivity index (χ1v) is 5.71. The highest BCUT2D eigenvalue weighted by Crippen LogP contribution is 2.21. The minimum atomic E-state index is -3.76. The van der Waals surface area contributed by atoms with Crippen molar-refractivity contribution >= 4 is 15.5 Å². The highest BCUT2D eigenvalue weighted by molar-refractivity contribution is 8.04. The number of carbonyl (C=O) groups excluding carboxylic acids is 1. The molecule has 0 saturated heterocycles. The summed E-state index contributed by atoms with van der Waals surface area (Å²) in [4.78, 5) is 10.6. The Kier molecular flexibility index (Phi) is 2.76. The van der Waals surface area contributed by atoms with Crippen LogP contribution in [0.1, 0.15) is 16.7 Å². The van der Waals surface area contributed by atoms with Crippen molar-refractivity contribution in [1.29, 1.82) is 0 Å². The van der Waals surface area contributed by atoms with E-state index < -0.39 is 9.84 Å². The molecule has 0 saturated carbocycles. The number of benzene rings is 1. The normalized spacial score (nSPS) is 11.4. The van der Waals surface area contributed by atoms with Gasteiger partial charge in [-0.05, 0) is 31.9 Å². The summed E-state index contributed by atoms with van der Waals surface area (Å²) in [5, 5.41) is 0. The molecule has 0 aliphatic heterocycles. The molecule has 0 spiro atoms. The Balaban J connectivity index is 3.59. The van der Waals surface area contributed by atoms with Crippen LogP contribution in [0, 0.1) is 20.8 Å². The molecule has 0 atom stereocenters. The van der Waals surface area contributed by atoms with Crippen molar-refractivity contribution in [3.8, 4) is 0 Å². The van der Waals surface area contributed by atoms with Gasteiger partial charge in [-0.25, -0.2) is 8.42 Å². The lowest BCUT2D eigenvalue weighted by molar-refractivity contribution is 0.556. The van der Waals surface area contributed by atoms with Gasteiger partial charge in [0.05, 0.1) is 4.90 Å². The van der Waals surface area contributed by atoms with Crippen molar-refractivity contribution in [3.63, 3.8) is 0 Å². The monoisotopic (exact) mass is 212 g/mol. The fourth-order valence-corrected chi connectivity index (χ4v) is 2.78. The van der Waals surface area contributed by atoms with Crippen LogP contribution in [0.3, 0.4) is 0 Å². The molecule has 14 heavy (non-hydrogen) atoms. The fraction of sp³-hybridized carbons (Fsp3) is 0.300. The number of rotatable bonds is 2. The Hall–Kier alpha value is -1.16. The van der Waals surface area contributed by atoms with Gasteiger partial charge in [0.1, 0.15) is 0 Å². The molecule has 0 fully saturated rings. The predicted molar refractivity (Wildman–Crippen MR) is 54.6 cm³/mol. The molecule has 0 bridgehead atoms. The highest BCUT2D eigenvalue weighted by atomic mass is 32.2. The highest BCUT2D eigenvalue weighted by Gasteiger charge is 2.18. The third-order valence-corrected chi connectivity index (χ3v) is 3.48. The van der Waals surface area contributed by atoms with Gasteiger partial charge in [0.2, 0.25) is 15.5 Å². The van der Waals surface area contributed by atoms with E-state index in [2.05, 4.69) is 0 Å². The summed E-state index contributed by atoms with van der Waals surface area (Å²) in [5.41, 5.74) is 2.23. The molecule has 0 aliphatic rings. The van der Waals surface area contributed by atoms with Gasteiger partial charge in [-0.1, -0.05) is 17.7 Å². The molecule has 0 heterocycles. The lowest BCUT2D eigenvalue weighted by Crippen LogP contribution is -2.06. The lowest BCUT2D eigenvalue weighted by atomic mass is 10.1. The maximum absolute atomic E-state index is 11.4. The van der Waals surface area contributed by atoms with Gasteiger partial charge in [0, 0.05) is 0 Å². The molecule has 1 aromatic rings. The van der Waals surface area contributed by atoms with Crippen LogP contribution in [0.4, 0.5) is 0 Å². The zero-order valence-corrected chi connectivity index (χ0v) is 9.18.